The first-order chi connectivity index (χ1) is 12.0. The molecule has 0 saturated heterocycles. The Kier molecular flexibility index (Phi) is 8.58. The molecule has 0 unspecified atom stereocenters. The number of hydrogen-bond acceptors (Lipinski definition) is 6. The minimum atomic E-state index is -0.782. The van der Waals surface area contributed by atoms with Crippen molar-refractivity contribution in [3.05, 3.63) is 45.5 Å². The predicted octanol–water partition coefficient (Wildman–Crippen LogP) is 3.58. The number of carbonyl (C=O) groups is 2. The summed E-state index contributed by atoms with van der Waals surface area (Å²) in [4.78, 5) is 34.6. The van der Waals surface area contributed by atoms with Crippen molar-refractivity contribution in [3.63, 3.8) is 0 Å². The predicted molar refractivity (Wildman–Crippen MR) is 91.4 cm³/mol. The molecule has 1 rings (SSSR count). The van der Waals surface area contributed by atoms with Crippen LogP contribution in [0.5, 0.6) is 0 Å². The Balaban J connectivity index is 2.98. The number of Topliss-reactive ketones (excluding diaryl/α,β-unsaturated/α-hetero) is 1. The number of rotatable bonds is 10. The monoisotopic (exact) mass is 344 g/mol. The number of esters is 1. The van der Waals surface area contributed by atoms with E-state index in [0.717, 1.165) is 12.8 Å². The van der Waals surface area contributed by atoms with Crippen molar-refractivity contribution in [2.75, 3.05) is 6.61 Å². The van der Waals surface area contributed by atoms with E-state index in [1.807, 2.05) is 13.0 Å². The number of nitro groups is 1. The molecule has 0 atom stereocenters. The lowest BCUT2D eigenvalue weighted by Crippen LogP contribution is -2.16. The highest BCUT2D eigenvalue weighted by atomic mass is 16.6. The van der Waals surface area contributed by atoms with Gasteiger partial charge in [-0.15, -0.1) is 0 Å². The number of unbranched alkanes of at least 4 members (excludes halogenated alkanes) is 2. The molecule has 0 aromatic heterocycles. The molecule has 7 nitrogen and oxygen atoms in total. The van der Waals surface area contributed by atoms with Crippen molar-refractivity contribution in [2.24, 2.45) is 0 Å². The van der Waals surface area contributed by atoms with Gasteiger partial charge in [-0.3, -0.25) is 14.9 Å². The van der Waals surface area contributed by atoms with Gasteiger partial charge in [0.1, 0.15) is 12.2 Å². The highest BCUT2D eigenvalue weighted by Gasteiger charge is 2.19. The third-order valence-electron chi connectivity index (χ3n) is 3.39. The summed E-state index contributed by atoms with van der Waals surface area (Å²) in [5.41, 5.74) is 0.300. The first-order valence-electron chi connectivity index (χ1n) is 8.03. The highest BCUT2D eigenvalue weighted by molar-refractivity contribution is 6.20. The van der Waals surface area contributed by atoms with Gasteiger partial charge in [0, 0.05) is 18.6 Å². The van der Waals surface area contributed by atoms with Gasteiger partial charge in [-0.2, -0.15) is 5.26 Å². The molecule has 0 bridgehead atoms. The summed E-state index contributed by atoms with van der Waals surface area (Å²) < 4.78 is 4.95. The molecule has 0 fully saturated rings. The molecule has 1 aromatic rings. The number of nitrogens with zero attached hydrogens (tertiary/aromatic N) is 2. The number of nitro benzene ring substituents is 1. The van der Waals surface area contributed by atoms with Crippen LogP contribution < -0.4 is 0 Å². The zero-order valence-corrected chi connectivity index (χ0v) is 14.1. The Morgan fingerprint density at radius 1 is 1.28 bits per heavy atom. The smallest absolute Gasteiger partial charge is 0.341 e. The molecule has 1 aromatic carbocycles. The van der Waals surface area contributed by atoms with Crippen LogP contribution in [0.15, 0.2) is 29.8 Å². The molecule has 0 heterocycles. The van der Waals surface area contributed by atoms with Crippen molar-refractivity contribution in [3.8, 4) is 6.07 Å². The molecule has 0 aliphatic rings. The summed E-state index contributed by atoms with van der Waals surface area (Å²) in [5, 5.41) is 19.2. The van der Waals surface area contributed by atoms with Crippen molar-refractivity contribution in [1.29, 1.82) is 5.26 Å². The fraction of sp³-hybridized carbons (Fsp3) is 0.389. The average molecular weight is 344 g/mol. The summed E-state index contributed by atoms with van der Waals surface area (Å²) >= 11 is 0. The summed E-state index contributed by atoms with van der Waals surface area (Å²) in [7, 11) is 0. The van der Waals surface area contributed by atoms with E-state index < -0.39 is 10.9 Å². The first-order valence-corrected chi connectivity index (χ1v) is 8.03. The molecule has 7 heteroatoms. The number of ketones is 1. The van der Waals surface area contributed by atoms with Gasteiger partial charge in [0.05, 0.1) is 17.4 Å². The minimum absolute atomic E-state index is 0.0422. The molecular weight excluding hydrogens is 324 g/mol. The fourth-order valence-electron chi connectivity index (χ4n) is 2.05. The van der Waals surface area contributed by atoms with Crippen LogP contribution in [0.1, 0.15) is 44.6 Å². The lowest BCUT2D eigenvalue weighted by molar-refractivity contribution is -0.384. The Labute approximate surface area is 146 Å². The van der Waals surface area contributed by atoms with E-state index in [-0.39, 0.29) is 36.5 Å². The van der Waals surface area contributed by atoms with Gasteiger partial charge in [0.25, 0.3) is 5.69 Å². The van der Waals surface area contributed by atoms with Crippen molar-refractivity contribution in [2.45, 2.75) is 39.0 Å². The maximum atomic E-state index is 12.3. The molecule has 0 radical (unpaired) electrons. The van der Waals surface area contributed by atoms with Gasteiger partial charge >= 0.3 is 5.97 Å². The standard InChI is InChI=1S/C18H20N2O5/c1-2-3-4-6-17(21)16(18(22)25-12-5-11-19)13-14-7-9-15(10-8-14)20(23)24/h7-10,13H,2-6,12H2,1H3. The lowest BCUT2D eigenvalue weighted by Gasteiger charge is -2.07. The molecule has 0 spiro atoms. The lowest BCUT2D eigenvalue weighted by atomic mass is 10.0. The Morgan fingerprint density at radius 2 is 1.96 bits per heavy atom. The van der Waals surface area contributed by atoms with E-state index in [1.165, 1.54) is 30.3 Å². The van der Waals surface area contributed by atoms with Crippen molar-refractivity contribution < 1.29 is 19.2 Å². The maximum Gasteiger partial charge on any atom is 0.341 e. The molecule has 0 aliphatic carbocycles. The summed E-state index contributed by atoms with van der Waals surface area (Å²) in [6.07, 6.45) is 4.12. The fourth-order valence-corrected chi connectivity index (χ4v) is 2.05. The van der Waals surface area contributed by atoms with E-state index in [4.69, 9.17) is 10.00 Å². The zero-order chi connectivity index (χ0) is 18.7. The third kappa shape index (κ3) is 6.96. The topological polar surface area (TPSA) is 110 Å². The van der Waals surface area contributed by atoms with E-state index in [9.17, 15) is 19.7 Å². The van der Waals surface area contributed by atoms with Gasteiger partial charge in [-0.05, 0) is 30.2 Å². The van der Waals surface area contributed by atoms with Gasteiger partial charge in [0.15, 0.2) is 5.78 Å². The molecule has 132 valence electrons. The number of carbonyl (C=O) groups excluding carboxylic acids is 2. The summed E-state index contributed by atoms with van der Waals surface area (Å²) in [5.74, 6) is -1.12. The van der Waals surface area contributed by atoms with Crippen molar-refractivity contribution >= 4 is 23.5 Å². The Morgan fingerprint density at radius 3 is 2.52 bits per heavy atom. The molecule has 0 N–H and O–H groups in total. The second kappa shape index (κ2) is 10.7. The van der Waals surface area contributed by atoms with E-state index in [0.29, 0.717) is 12.0 Å². The van der Waals surface area contributed by atoms with Crippen LogP contribution in [-0.4, -0.2) is 23.3 Å². The number of nitriles is 1. The first kappa shape index (κ1) is 20.0. The van der Waals surface area contributed by atoms with Crippen LogP contribution in [-0.2, 0) is 14.3 Å². The summed E-state index contributed by atoms with van der Waals surface area (Å²) in [6, 6.07) is 7.37. The Hall–Kier alpha value is -3.01. The molecule has 0 aliphatic heterocycles. The third-order valence-corrected chi connectivity index (χ3v) is 3.39. The normalized spacial score (nSPS) is 10.8. The number of hydrogen-bond donors (Lipinski definition) is 0. The second-order valence-electron chi connectivity index (χ2n) is 5.33. The largest absolute Gasteiger partial charge is 0.461 e. The van der Waals surface area contributed by atoms with Crippen molar-refractivity contribution in [1.82, 2.24) is 0 Å². The summed E-state index contributed by atoms with van der Waals surface area (Å²) in [6.45, 7) is 1.92. The minimum Gasteiger partial charge on any atom is -0.461 e. The second-order valence-corrected chi connectivity index (χ2v) is 5.33. The van der Waals surface area contributed by atoms with E-state index in [2.05, 4.69) is 0 Å². The van der Waals surface area contributed by atoms with Gasteiger partial charge < -0.3 is 4.74 Å². The van der Waals surface area contributed by atoms with Gasteiger partial charge in [0.2, 0.25) is 0 Å². The highest BCUT2D eigenvalue weighted by Crippen LogP contribution is 2.17. The van der Waals surface area contributed by atoms with Crippen LogP contribution in [0.4, 0.5) is 5.69 Å². The SMILES string of the molecule is CCCCCC(=O)C(=Cc1ccc([N+](=O)[O-])cc1)C(=O)OCCC#N. The van der Waals surface area contributed by atoms with E-state index in [1.54, 1.807) is 0 Å². The number of ether oxygens (including phenoxy) is 1. The molecule has 0 amide bonds. The molecule has 25 heavy (non-hydrogen) atoms. The quantitative estimate of drug-likeness (QED) is 0.122. The van der Waals surface area contributed by atoms with E-state index >= 15 is 0 Å². The van der Waals surface area contributed by atoms with Gasteiger partial charge in [-0.25, -0.2) is 4.79 Å². The zero-order valence-electron chi connectivity index (χ0n) is 14.1. The van der Waals surface area contributed by atoms with Crippen LogP contribution in [0.3, 0.4) is 0 Å². The van der Waals surface area contributed by atoms with Crippen LogP contribution in [0.25, 0.3) is 6.08 Å². The van der Waals surface area contributed by atoms with Crippen LogP contribution >= 0.6 is 0 Å². The van der Waals surface area contributed by atoms with Crippen LogP contribution in [0, 0.1) is 21.4 Å². The number of benzene rings is 1. The average Bonchev–Trinajstić information content (AvgIpc) is 2.60. The van der Waals surface area contributed by atoms with Gasteiger partial charge in [-0.1, -0.05) is 19.8 Å². The molecular formula is C18H20N2O5. The molecule has 0 saturated carbocycles. The number of non-ortho nitro benzene ring substituents is 1. The Bertz CT molecular complexity index is 686. The van der Waals surface area contributed by atoms with Crippen LogP contribution in [0.2, 0.25) is 0 Å². The maximum absolute atomic E-state index is 12.3.